The number of piperazine rings is 1. The van der Waals surface area contributed by atoms with Crippen LogP contribution < -0.4 is 0 Å². The molecule has 0 saturated carbocycles. The van der Waals surface area contributed by atoms with Crippen LogP contribution >= 0.6 is 0 Å². The number of amides is 1. The average Bonchev–Trinajstić information content (AvgIpc) is 2.62. The first-order chi connectivity index (χ1) is 11.7. The molecule has 3 rings (SSSR count). The van der Waals surface area contributed by atoms with Crippen molar-refractivity contribution in [3.63, 3.8) is 0 Å². The molecule has 0 unspecified atom stereocenters. The van der Waals surface area contributed by atoms with E-state index in [2.05, 4.69) is 9.88 Å². The van der Waals surface area contributed by atoms with Gasteiger partial charge in [0.05, 0.1) is 0 Å². The molecular formula is C19H20FN3O. The molecule has 0 radical (unpaired) electrons. The Labute approximate surface area is 141 Å². The van der Waals surface area contributed by atoms with Crippen LogP contribution in [0.3, 0.4) is 0 Å². The fraction of sp³-hybridized carbons (Fsp3) is 0.263. The quantitative estimate of drug-likeness (QED) is 0.811. The van der Waals surface area contributed by atoms with Crippen LogP contribution in [0.1, 0.15) is 11.1 Å². The summed E-state index contributed by atoms with van der Waals surface area (Å²) in [6.45, 7) is 3.91. The molecule has 5 heteroatoms. The highest BCUT2D eigenvalue weighted by molar-refractivity contribution is 5.91. The third kappa shape index (κ3) is 4.26. The van der Waals surface area contributed by atoms with Crippen molar-refractivity contribution in [3.8, 4) is 0 Å². The second-order valence-electron chi connectivity index (χ2n) is 5.81. The first-order valence-corrected chi connectivity index (χ1v) is 8.05. The monoisotopic (exact) mass is 325 g/mol. The number of aromatic nitrogens is 1. The van der Waals surface area contributed by atoms with Gasteiger partial charge in [-0.1, -0.05) is 18.2 Å². The topological polar surface area (TPSA) is 36.4 Å². The van der Waals surface area contributed by atoms with Gasteiger partial charge in [0.25, 0.3) is 0 Å². The maximum absolute atomic E-state index is 13.6. The largest absolute Gasteiger partial charge is 0.337 e. The normalized spacial score (nSPS) is 15.8. The van der Waals surface area contributed by atoms with Crippen LogP contribution in [0.15, 0.2) is 54.9 Å². The second kappa shape index (κ2) is 7.84. The molecule has 1 aromatic heterocycles. The number of rotatable bonds is 4. The molecule has 0 spiro atoms. The van der Waals surface area contributed by atoms with Gasteiger partial charge in [0.2, 0.25) is 5.91 Å². The van der Waals surface area contributed by atoms with Crippen LogP contribution in [0.25, 0.3) is 6.08 Å². The van der Waals surface area contributed by atoms with Crippen molar-refractivity contribution in [2.24, 2.45) is 0 Å². The zero-order valence-electron chi connectivity index (χ0n) is 13.4. The molecule has 0 aliphatic carbocycles. The molecule has 124 valence electrons. The lowest BCUT2D eigenvalue weighted by Gasteiger charge is -2.34. The fourth-order valence-corrected chi connectivity index (χ4v) is 2.75. The van der Waals surface area contributed by atoms with Gasteiger partial charge in [0.1, 0.15) is 5.82 Å². The number of carbonyl (C=O) groups is 1. The molecule has 1 fully saturated rings. The van der Waals surface area contributed by atoms with Gasteiger partial charge >= 0.3 is 0 Å². The van der Waals surface area contributed by atoms with Gasteiger partial charge in [-0.25, -0.2) is 4.39 Å². The summed E-state index contributed by atoms with van der Waals surface area (Å²) in [5, 5.41) is 0. The molecule has 1 aliphatic rings. The minimum Gasteiger partial charge on any atom is -0.337 e. The lowest BCUT2D eigenvalue weighted by Crippen LogP contribution is -2.47. The molecular weight excluding hydrogens is 305 g/mol. The summed E-state index contributed by atoms with van der Waals surface area (Å²) in [5.41, 5.74) is 1.66. The van der Waals surface area contributed by atoms with Crippen molar-refractivity contribution in [2.75, 3.05) is 26.2 Å². The fourth-order valence-electron chi connectivity index (χ4n) is 2.75. The van der Waals surface area contributed by atoms with E-state index in [-0.39, 0.29) is 11.7 Å². The standard InChI is InChI=1S/C19H20FN3O/c20-18-4-2-1-3-17(18)5-6-19(24)23-13-11-22(12-14-23)15-16-7-9-21-10-8-16/h1-10H,11-15H2/b6-5+. The highest BCUT2D eigenvalue weighted by Gasteiger charge is 2.19. The third-order valence-corrected chi connectivity index (χ3v) is 4.15. The van der Waals surface area contributed by atoms with Gasteiger partial charge in [-0.05, 0) is 29.8 Å². The number of benzene rings is 1. The molecule has 1 aliphatic heterocycles. The van der Waals surface area contributed by atoms with E-state index in [9.17, 15) is 9.18 Å². The van der Waals surface area contributed by atoms with Gasteiger partial charge in [0, 0.05) is 56.8 Å². The van der Waals surface area contributed by atoms with Gasteiger partial charge in [0.15, 0.2) is 0 Å². The molecule has 1 aromatic carbocycles. The number of halogens is 1. The summed E-state index contributed by atoms with van der Waals surface area (Å²) in [7, 11) is 0. The highest BCUT2D eigenvalue weighted by Crippen LogP contribution is 2.11. The number of nitrogens with zero attached hydrogens (tertiary/aromatic N) is 3. The first-order valence-electron chi connectivity index (χ1n) is 8.05. The predicted molar refractivity (Wildman–Crippen MR) is 91.5 cm³/mol. The summed E-state index contributed by atoms with van der Waals surface area (Å²) in [6.07, 6.45) is 6.59. The Morgan fingerprint density at radius 3 is 2.50 bits per heavy atom. The van der Waals surface area contributed by atoms with E-state index in [4.69, 9.17) is 0 Å². The van der Waals surface area contributed by atoms with Gasteiger partial charge in [-0.3, -0.25) is 14.7 Å². The Hall–Kier alpha value is -2.53. The molecule has 24 heavy (non-hydrogen) atoms. The van der Waals surface area contributed by atoms with E-state index in [1.54, 1.807) is 41.6 Å². The molecule has 4 nitrogen and oxygen atoms in total. The molecule has 0 atom stereocenters. The van der Waals surface area contributed by atoms with Crippen molar-refractivity contribution >= 4 is 12.0 Å². The molecule has 1 saturated heterocycles. The van der Waals surface area contributed by atoms with Crippen molar-refractivity contribution in [1.29, 1.82) is 0 Å². The minimum atomic E-state index is -0.316. The van der Waals surface area contributed by atoms with Crippen LogP contribution in [-0.2, 0) is 11.3 Å². The zero-order chi connectivity index (χ0) is 16.8. The smallest absolute Gasteiger partial charge is 0.246 e. The van der Waals surface area contributed by atoms with E-state index in [1.807, 2.05) is 12.1 Å². The number of pyridine rings is 1. The number of hydrogen-bond donors (Lipinski definition) is 0. The van der Waals surface area contributed by atoms with Gasteiger partial charge in [-0.15, -0.1) is 0 Å². The van der Waals surface area contributed by atoms with Crippen molar-refractivity contribution in [2.45, 2.75) is 6.54 Å². The minimum absolute atomic E-state index is 0.0678. The average molecular weight is 325 g/mol. The molecule has 2 heterocycles. The summed E-state index contributed by atoms with van der Waals surface area (Å²) >= 11 is 0. The van der Waals surface area contributed by atoms with E-state index >= 15 is 0 Å². The Morgan fingerprint density at radius 2 is 1.79 bits per heavy atom. The molecule has 2 aromatic rings. The summed E-state index contributed by atoms with van der Waals surface area (Å²) in [5.74, 6) is -0.384. The molecule has 0 bridgehead atoms. The van der Waals surface area contributed by atoms with Crippen molar-refractivity contribution in [3.05, 3.63) is 71.8 Å². The molecule has 0 N–H and O–H groups in total. The van der Waals surface area contributed by atoms with Gasteiger partial charge in [-0.2, -0.15) is 0 Å². The van der Waals surface area contributed by atoms with E-state index in [0.29, 0.717) is 18.7 Å². The Kier molecular flexibility index (Phi) is 5.33. The highest BCUT2D eigenvalue weighted by atomic mass is 19.1. The van der Waals surface area contributed by atoms with E-state index < -0.39 is 0 Å². The van der Waals surface area contributed by atoms with Crippen molar-refractivity contribution < 1.29 is 9.18 Å². The summed E-state index contributed by atoms with van der Waals surface area (Å²) in [4.78, 5) is 20.4. The number of carbonyl (C=O) groups excluding carboxylic acids is 1. The van der Waals surface area contributed by atoms with Crippen LogP contribution in [0.4, 0.5) is 4.39 Å². The SMILES string of the molecule is O=C(/C=C/c1ccccc1F)N1CCN(Cc2ccncc2)CC1. The lowest BCUT2D eigenvalue weighted by atomic mass is 10.2. The lowest BCUT2D eigenvalue weighted by molar-refractivity contribution is -0.127. The summed E-state index contributed by atoms with van der Waals surface area (Å²) in [6, 6.07) is 10.5. The maximum Gasteiger partial charge on any atom is 0.246 e. The van der Waals surface area contributed by atoms with Gasteiger partial charge < -0.3 is 4.90 Å². The van der Waals surface area contributed by atoms with Crippen LogP contribution in [0.2, 0.25) is 0 Å². The Bertz CT molecular complexity index is 710. The van der Waals surface area contributed by atoms with Crippen molar-refractivity contribution in [1.82, 2.24) is 14.8 Å². The van der Waals surface area contributed by atoms with E-state index in [0.717, 1.165) is 19.6 Å². The predicted octanol–water partition coefficient (Wildman–Crippen LogP) is 2.58. The Balaban J connectivity index is 1.51. The van der Waals surface area contributed by atoms with Crippen LogP contribution in [0, 0.1) is 5.82 Å². The third-order valence-electron chi connectivity index (χ3n) is 4.15. The Morgan fingerprint density at radius 1 is 1.08 bits per heavy atom. The molecule has 1 amide bonds. The van der Waals surface area contributed by atoms with E-state index in [1.165, 1.54) is 17.7 Å². The summed E-state index contributed by atoms with van der Waals surface area (Å²) < 4.78 is 13.6. The zero-order valence-corrected chi connectivity index (χ0v) is 13.4. The maximum atomic E-state index is 13.6. The second-order valence-corrected chi connectivity index (χ2v) is 5.81. The first kappa shape index (κ1) is 16.3. The number of hydrogen-bond acceptors (Lipinski definition) is 3. The van der Waals surface area contributed by atoms with Crippen LogP contribution in [0.5, 0.6) is 0 Å². The van der Waals surface area contributed by atoms with Crippen LogP contribution in [-0.4, -0.2) is 46.9 Å².